The molecule has 0 spiro atoms. The summed E-state index contributed by atoms with van der Waals surface area (Å²) in [5.74, 6) is 0. The molecule has 2 nitrogen and oxygen atoms in total. The van der Waals surface area contributed by atoms with Gasteiger partial charge in [-0.05, 0) is 47.5 Å². The summed E-state index contributed by atoms with van der Waals surface area (Å²) in [5.41, 5.74) is 6.22. The number of carbonyl (C=O) groups excluding carboxylic acids is 1. The molecule has 0 heterocycles. The van der Waals surface area contributed by atoms with Gasteiger partial charge in [0.25, 0.3) is 0 Å². The smallest absolute Gasteiger partial charge is 0.150 e. The molecule has 0 amide bonds. The highest BCUT2D eigenvalue weighted by molar-refractivity contribution is 5.79. The van der Waals surface area contributed by atoms with E-state index in [-0.39, 0.29) is 0 Å². The zero-order valence-corrected chi connectivity index (χ0v) is 16.0. The predicted molar refractivity (Wildman–Crippen MR) is 122 cm³/mol. The fraction of sp³-hybridized carbons (Fsp3) is 0. The van der Waals surface area contributed by atoms with Gasteiger partial charge in [-0.15, -0.1) is 0 Å². The van der Waals surface area contributed by atoms with Crippen LogP contribution in [0.5, 0.6) is 0 Å². The molecule has 0 aliphatic rings. The summed E-state index contributed by atoms with van der Waals surface area (Å²) in [5, 5.41) is 0. The number of anilines is 3. The monoisotopic (exact) mass is 375 g/mol. The van der Waals surface area contributed by atoms with Gasteiger partial charge in [-0.3, -0.25) is 4.79 Å². The Labute approximate surface area is 171 Å². The zero-order chi connectivity index (χ0) is 19.9. The maximum atomic E-state index is 10.8. The summed E-state index contributed by atoms with van der Waals surface area (Å²) >= 11 is 0. The number of carbonyl (C=O) groups is 1. The van der Waals surface area contributed by atoms with Gasteiger partial charge < -0.3 is 4.90 Å². The maximum absolute atomic E-state index is 10.8. The van der Waals surface area contributed by atoms with Crippen molar-refractivity contribution in [2.45, 2.75) is 0 Å². The van der Waals surface area contributed by atoms with Gasteiger partial charge in [-0.1, -0.05) is 84.9 Å². The van der Waals surface area contributed by atoms with Gasteiger partial charge in [-0.2, -0.15) is 0 Å². The van der Waals surface area contributed by atoms with Crippen LogP contribution in [-0.2, 0) is 0 Å². The molecule has 0 aliphatic carbocycles. The fourth-order valence-electron chi connectivity index (χ4n) is 3.21. The van der Waals surface area contributed by atoms with Gasteiger partial charge in [0.1, 0.15) is 6.29 Å². The van der Waals surface area contributed by atoms with E-state index in [4.69, 9.17) is 0 Å². The number of benzene rings is 4. The minimum Gasteiger partial charge on any atom is -0.311 e. The lowest BCUT2D eigenvalue weighted by molar-refractivity contribution is 0.112. The van der Waals surface area contributed by atoms with Crippen LogP contribution in [0.3, 0.4) is 0 Å². The Hall–Kier alpha value is -3.91. The third kappa shape index (κ3) is 4.50. The highest BCUT2D eigenvalue weighted by atomic mass is 16.1. The quantitative estimate of drug-likeness (QED) is 0.264. The first-order valence-corrected chi connectivity index (χ1v) is 9.57. The van der Waals surface area contributed by atoms with E-state index in [0.717, 1.165) is 34.5 Å². The second-order valence-corrected chi connectivity index (χ2v) is 6.72. The minimum absolute atomic E-state index is 0.688. The predicted octanol–water partition coefficient (Wildman–Crippen LogP) is 7.14. The van der Waals surface area contributed by atoms with Crippen LogP contribution in [0, 0.1) is 0 Å². The lowest BCUT2D eigenvalue weighted by atomic mass is 10.1. The lowest BCUT2D eigenvalue weighted by Crippen LogP contribution is -2.09. The summed E-state index contributed by atoms with van der Waals surface area (Å²) in [6.45, 7) is 0. The minimum atomic E-state index is 0.688. The molecule has 29 heavy (non-hydrogen) atoms. The molecule has 0 N–H and O–H groups in total. The largest absolute Gasteiger partial charge is 0.311 e. The van der Waals surface area contributed by atoms with E-state index in [9.17, 15) is 4.79 Å². The molecule has 0 unspecified atom stereocenters. The van der Waals surface area contributed by atoms with Crippen molar-refractivity contribution >= 4 is 35.5 Å². The standard InChI is InChI=1S/C27H21NO/c29-21-24-15-13-22(14-16-24)11-12-23-17-19-27(20-18-23)28(25-7-3-1-4-8-25)26-9-5-2-6-10-26/h1-21H. The van der Waals surface area contributed by atoms with E-state index in [0.29, 0.717) is 5.56 Å². The molecule has 0 aromatic heterocycles. The molecule has 2 heteroatoms. The molecule has 4 aromatic carbocycles. The van der Waals surface area contributed by atoms with Crippen molar-refractivity contribution in [3.8, 4) is 0 Å². The summed E-state index contributed by atoms with van der Waals surface area (Å²) in [4.78, 5) is 13.0. The number of hydrogen-bond acceptors (Lipinski definition) is 2. The van der Waals surface area contributed by atoms with Crippen molar-refractivity contribution in [3.63, 3.8) is 0 Å². The molecule has 0 saturated carbocycles. The van der Waals surface area contributed by atoms with Crippen molar-refractivity contribution in [2.24, 2.45) is 0 Å². The number of aldehydes is 1. The number of hydrogen-bond donors (Lipinski definition) is 0. The van der Waals surface area contributed by atoms with Crippen LogP contribution in [0.25, 0.3) is 12.2 Å². The molecule has 140 valence electrons. The van der Waals surface area contributed by atoms with Crippen molar-refractivity contribution in [3.05, 3.63) is 126 Å². The average molecular weight is 375 g/mol. The highest BCUT2D eigenvalue weighted by Crippen LogP contribution is 2.34. The van der Waals surface area contributed by atoms with Gasteiger partial charge in [-0.25, -0.2) is 0 Å². The molecule has 0 aliphatic heterocycles. The third-order valence-corrected chi connectivity index (χ3v) is 4.72. The van der Waals surface area contributed by atoms with Crippen LogP contribution in [0.4, 0.5) is 17.1 Å². The Morgan fingerprint density at radius 3 is 1.28 bits per heavy atom. The Kier molecular flexibility index (Phi) is 5.63. The molecule has 0 fully saturated rings. The Morgan fingerprint density at radius 2 is 0.828 bits per heavy atom. The van der Waals surface area contributed by atoms with Crippen LogP contribution in [-0.4, -0.2) is 6.29 Å². The summed E-state index contributed by atoms with van der Waals surface area (Å²) < 4.78 is 0. The SMILES string of the molecule is O=Cc1ccc(C=Cc2ccc(N(c3ccccc3)c3ccccc3)cc2)cc1. The van der Waals surface area contributed by atoms with Crippen molar-refractivity contribution < 1.29 is 4.79 Å². The summed E-state index contributed by atoms with van der Waals surface area (Å²) in [7, 11) is 0. The average Bonchev–Trinajstić information content (AvgIpc) is 2.80. The van der Waals surface area contributed by atoms with Crippen LogP contribution in [0.15, 0.2) is 109 Å². The van der Waals surface area contributed by atoms with E-state index >= 15 is 0 Å². The molecule has 0 radical (unpaired) electrons. The number of nitrogens with zero attached hydrogens (tertiary/aromatic N) is 1. The van der Waals surface area contributed by atoms with E-state index < -0.39 is 0 Å². The van der Waals surface area contributed by atoms with Gasteiger partial charge in [0, 0.05) is 22.6 Å². The van der Waals surface area contributed by atoms with E-state index in [1.807, 2.05) is 36.4 Å². The van der Waals surface area contributed by atoms with E-state index in [2.05, 4.69) is 89.8 Å². The topological polar surface area (TPSA) is 20.3 Å². The highest BCUT2D eigenvalue weighted by Gasteiger charge is 2.11. The van der Waals surface area contributed by atoms with Crippen molar-refractivity contribution in [1.29, 1.82) is 0 Å². The van der Waals surface area contributed by atoms with E-state index in [1.54, 1.807) is 0 Å². The molecule has 4 aromatic rings. The first kappa shape index (κ1) is 18.5. The summed E-state index contributed by atoms with van der Waals surface area (Å²) in [6, 6.07) is 36.8. The summed E-state index contributed by atoms with van der Waals surface area (Å²) in [6.07, 6.45) is 4.99. The van der Waals surface area contributed by atoms with Crippen LogP contribution >= 0.6 is 0 Å². The molecule has 4 rings (SSSR count). The number of para-hydroxylation sites is 2. The molecule has 0 bridgehead atoms. The third-order valence-electron chi connectivity index (χ3n) is 4.72. The zero-order valence-electron chi connectivity index (χ0n) is 16.0. The Morgan fingerprint density at radius 1 is 0.448 bits per heavy atom. The second kappa shape index (κ2) is 8.85. The normalized spacial score (nSPS) is 10.8. The Bertz CT molecular complexity index is 1040. The molecular weight excluding hydrogens is 354 g/mol. The fourth-order valence-corrected chi connectivity index (χ4v) is 3.21. The van der Waals surface area contributed by atoms with Crippen LogP contribution in [0.1, 0.15) is 21.5 Å². The first-order valence-electron chi connectivity index (χ1n) is 9.57. The molecule has 0 atom stereocenters. The van der Waals surface area contributed by atoms with Gasteiger partial charge in [0.05, 0.1) is 0 Å². The molecular formula is C27H21NO. The number of rotatable bonds is 6. The van der Waals surface area contributed by atoms with Crippen molar-refractivity contribution in [1.82, 2.24) is 0 Å². The van der Waals surface area contributed by atoms with Crippen LogP contribution < -0.4 is 4.90 Å². The maximum Gasteiger partial charge on any atom is 0.150 e. The second-order valence-electron chi connectivity index (χ2n) is 6.72. The van der Waals surface area contributed by atoms with Gasteiger partial charge >= 0.3 is 0 Å². The van der Waals surface area contributed by atoms with Crippen LogP contribution in [0.2, 0.25) is 0 Å². The molecule has 0 saturated heterocycles. The Balaban J connectivity index is 1.60. The van der Waals surface area contributed by atoms with Crippen molar-refractivity contribution in [2.75, 3.05) is 4.90 Å². The van der Waals surface area contributed by atoms with Gasteiger partial charge in [0.2, 0.25) is 0 Å². The van der Waals surface area contributed by atoms with Gasteiger partial charge in [0.15, 0.2) is 0 Å². The first-order chi connectivity index (χ1) is 14.3. The lowest BCUT2D eigenvalue weighted by Gasteiger charge is -2.25. The van der Waals surface area contributed by atoms with E-state index in [1.165, 1.54) is 0 Å².